The topological polar surface area (TPSA) is 88.3 Å². The van der Waals surface area contributed by atoms with Gasteiger partial charge in [-0.1, -0.05) is 17.0 Å². The lowest BCUT2D eigenvalue weighted by Gasteiger charge is -2.00. The van der Waals surface area contributed by atoms with Gasteiger partial charge in [-0.15, -0.1) is 11.3 Å². The van der Waals surface area contributed by atoms with Crippen LogP contribution in [0.3, 0.4) is 0 Å². The van der Waals surface area contributed by atoms with Crippen LogP contribution >= 0.6 is 11.3 Å². The number of thiophene rings is 1. The molecule has 0 saturated carbocycles. The number of hydrogen-bond donors (Lipinski definition) is 2. The van der Waals surface area contributed by atoms with Crippen molar-refractivity contribution in [1.82, 2.24) is 15.5 Å². The lowest BCUT2D eigenvalue weighted by molar-refractivity contribution is 0.0958. The molecular formula is C13H13N3O3S. The van der Waals surface area contributed by atoms with E-state index in [-0.39, 0.29) is 12.5 Å². The van der Waals surface area contributed by atoms with Crippen LogP contribution < -0.4 is 5.32 Å². The molecule has 7 heteroatoms. The maximum absolute atomic E-state index is 11.9. The van der Waals surface area contributed by atoms with E-state index in [4.69, 9.17) is 5.11 Å². The molecule has 0 aliphatic carbocycles. The van der Waals surface area contributed by atoms with Gasteiger partial charge in [-0.25, -0.2) is 0 Å². The summed E-state index contributed by atoms with van der Waals surface area (Å²) in [5.74, 6) is 5.80. The van der Waals surface area contributed by atoms with Crippen LogP contribution in [-0.4, -0.2) is 34.3 Å². The quantitative estimate of drug-likeness (QED) is 0.812. The van der Waals surface area contributed by atoms with Gasteiger partial charge in [0.25, 0.3) is 5.91 Å². The summed E-state index contributed by atoms with van der Waals surface area (Å²) in [5, 5.41) is 15.1. The Hall–Kier alpha value is -2.17. The Morgan fingerprint density at radius 3 is 3.15 bits per heavy atom. The highest BCUT2D eigenvalue weighted by Crippen LogP contribution is 2.20. The van der Waals surface area contributed by atoms with Gasteiger partial charge in [0.1, 0.15) is 6.61 Å². The van der Waals surface area contributed by atoms with Crippen molar-refractivity contribution in [1.29, 1.82) is 0 Å². The largest absolute Gasteiger partial charge is 0.384 e. The highest BCUT2D eigenvalue weighted by Gasteiger charge is 2.11. The van der Waals surface area contributed by atoms with E-state index in [0.717, 1.165) is 10.4 Å². The van der Waals surface area contributed by atoms with Crippen LogP contribution in [-0.2, 0) is 6.42 Å². The number of nitrogens with one attached hydrogen (secondary N) is 1. The first-order valence-corrected chi connectivity index (χ1v) is 6.76. The lowest BCUT2D eigenvalue weighted by atomic mass is 10.2. The number of carbonyl (C=O) groups is 1. The van der Waals surface area contributed by atoms with Gasteiger partial charge in [0, 0.05) is 13.0 Å². The number of hydrogen-bond acceptors (Lipinski definition) is 6. The molecule has 0 aliphatic rings. The van der Waals surface area contributed by atoms with Crippen LogP contribution in [0.25, 0.3) is 0 Å². The number of rotatable bonds is 4. The van der Waals surface area contributed by atoms with E-state index in [1.165, 1.54) is 17.7 Å². The van der Waals surface area contributed by atoms with Gasteiger partial charge >= 0.3 is 0 Å². The van der Waals surface area contributed by atoms with Crippen LogP contribution in [0.15, 0.2) is 17.0 Å². The third kappa shape index (κ3) is 3.66. The maximum atomic E-state index is 11.9. The average molecular weight is 291 g/mol. The van der Waals surface area contributed by atoms with Crippen molar-refractivity contribution in [2.75, 3.05) is 13.2 Å². The molecule has 1 amide bonds. The summed E-state index contributed by atoms with van der Waals surface area (Å²) in [5.41, 5.74) is 0.930. The Morgan fingerprint density at radius 2 is 2.45 bits per heavy atom. The minimum atomic E-state index is -0.191. The van der Waals surface area contributed by atoms with Crippen molar-refractivity contribution in [2.45, 2.75) is 13.3 Å². The van der Waals surface area contributed by atoms with E-state index in [2.05, 4.69) is 31.8 Å². The molecule has 2 aromatic heterocycles. The summed E-state index contributed by atoms with van der Waals surface area (Å²) < 4.78 is 4.61. The predicted molar refractivity (Wildman–Crippen MR) is 73.4 cm³/mol. The number of amides is 1. The van der Waals surface area contributed by atoms with Crippen molar-refractivity contribution in [3.63, 3.8) is 0 Å². The van der Waals surface area contributed by atoms with E-state index in [1.54, 1.807) is 6.07 Å². The number of carbonyl (C=O) groups excluding carboxylic acids is 1. The molecule has 0 radical (unpaired) electrons. The van der Waals surface area contributed by atoms with Crippen molar-refractivity contribution >= 4 is 17.2 Å². The van der Waals surface area contributed by atoms with E-state index in [9.17, 15) is 4.79 Å². The minimum absolute atomic E-state index is 0.154. The van der Waals surface area contributed by atoms with Crippen LogP contribution in [0.1, 0.15) is 25.9 Å². The van der Waals surface area contributed by atoms with Gasteiger partial charge in [0.05, 0.1) is 9.75 Å². The van der Waals surface area contributed by atoms with Crippen LogP contribution in [0.4, 0.5) is 0 Å². The number of nitrogens with zero attached hydrogens (tertiary/aromatic N) is 2. The van der Waals surface area contributed by atoms with Crippen LogP contribution in [0, 0.1) is 18.8 Å². The molecular weight excluding hydrogens is 278 g/mol. The summed E-state index contributed by atoms with van der Waals surface area (Å²) in [6.07, 6.45) is 1.77. The smallest absolute Gasteiger partial charge is 0.261 e. The molecule has 0 aromatic carbocycles. The molecule has 0 spiro atoms. The Kier molecular flexibility index (Phi) is 4.87. The Bertz CT molecular complexity index is 638. The molecule has 6 nitrogen and oxygen atoms in total. The number of aliphatic hydroxyl groups is 1. The third-order valence-corrected chi connectivity index (χ3v) is 3.61. The normalized spacial score (nSPS) is 9.90. The van der Waals surface area contributed by atoms with Gasteiger partial charge < -0.3 is 14.9 Å². The molecule has 104 valence electrons. The molecule has 2 heterocycles. The monoisotopic (exact) mass is 291 g/mol. The number of aliphatic hydroxyl groups excluding tert-OH is 1. The summed E-state index contributed by atoms with van der Waals surface area (Å²) in [6.45, 7) is 2.13. The molecule has 0 unspecified atom stereocenters. The summed E-state index contributed by atoms with van der Waals surface area (Å²) in [7, 11) is 0. The van der Waals surface area contributed by atoms with Gasteiger partial charge in [-0.05, 0) is 18.6 Å². The lowest BCUT2D eigenvalue weighted by Crippen LogP contribution is -2.25. The van der Waals surface area contributed by atoms with E-state index >= 15 is 0 Å². The first kappa shape index (κ1) is 14.2. The molecule has 20 heavy (non-hydrogen) atoms. The summed E-state index contributed by atoms with van der Waals surface area (Å²) in [6, 6.07) is 1.79. The maximum Gasteiger partial charge on any atom is 0.261 e. The van der Waals surface area contributed by atoms with Gasteiger partial charge in [-0.3, -0.25) is 4.79 Å². The molecule has 2 rings (SSSR count). The highest BCUT2D eigenvalue weighted by atomic mass is 32.1. The third-order valence-electron chi connectivity index (χ3n) is 2.46. The van der Waals surface area contributed by atoms with Crippen molar-refractivity contribution in [3.05, 3.63) is 33.6 Å². The van der Waals surface area contributed by atoms with Gasteiger partial charge in [0.2, 0.25) is 6.39 Å². The highest BCUT2D eigenvalue weighted by molar-refractivity contribution is 7.14. The summed E-state index contributed by atoms with van der Waals surface area (Å²) >= 11 is 1.31. The van der Waals surface area contributed by atoms with Crippen molar-refractivity contribution in [2.24, 2.45) is 0 Å². The molecule has 0 fully saturated rings. The molecule has 0 aliphatic heterocycles. The van der Waals surface area contributed by atoms with E-state index in [1.807, 2.05) is 6.92 Å². The summed E-state index contributed by atoms with van der Waals surface area (Å²) in [4.78, 5) is 17.2. The Labute approximate surface area is 119 Å². The number of aromatic nitrogens is 2. The molecule has 2 N–H and O–H groups in total. The first-order valence-electron chi connectivity index (χ1n) is 5.94. The fraction of sp³-hybridized carbons (Fsp3) is 0.308. The zero-order valence-corrected chi connectivity index (χ0v) is 11.7. The Balaban J connectivity index is 1.92. The number of aryl methyl sites for hydroxylation is 1. The second-order valence-electron chi connectivity index (χ2n) is 3.94. The molecule has 0 bridgehead atoms. The zero-order chi connectivity index (χ0) is 14.4. The minimum Gasteiger partial charge on any atom is -0.384 e. The molecule has 2 aromatic rings. The van der Waals surface area contributed by atoms with E-state index in [0.29, 0.717) is 23.7 Å². The molecule has 0 saturated heterocycles. The fourth-order valence-corrected chi connectivity index (χ4v) is 2.48. The van der Waals surface area contributed by atoms with Gasteiger partial charge in [0.15, 0.2) is 5.82 Å². The second-order valence-corrected chi connectivity index (χ2v) is 4.99. The molecule has 0 atom stereocenters. The van der Waals surface area contributed by atoms with Gasteiger partial charge in [-0.2, -0.15) is 4.98 Å². The van der Waals surface area contributed by atoms with Crippen LogP contribution in [0.2, 0.25) is 0 Å². The van der Waals surface area contributed by atoms with E-state index < -0.39 is 0 Å². The first-order chi connectivity index (χ1) is 9.70. The van der Waals surface area contributed by atoms with Crippen molar-refractivity contribution < 1.29 is 14.4 Å². The average Bonchev–Trinajstić information content (AvgIpc) is 3.06. The Morgan fingerprint density at radius 1 is 1.60 bits per heavy atom. The standard InChI is InChI=1S/C13H13N3O3S/c1-9-7-11(20-10(9)3-2-6-17)13(18)14-5-4-12-15-8-19-16-12/h7-8,17H,4-6H2,1H3,(H,14,18). The zero-order valence-electron chi connectivity index (χ0n) is 10.8. The van der Waals surface area contributed by atoms with Crippen LogP contribution in [0.5, 0.6) is 0 Å². The second kappa shape index (κ2) is 6.84. The SMILES string of the molecule is Cc1cc(C(=O)NCCc2ncon2)sc1C#CCO. The predicted octanol–water partition coefficient (Wildman–Crippen LogP) is 0.756. The van der Waals surface area contributed by atoms with Crippen molar-refractivity contribution in [3.8, 4) is 11.8 Å². The fourth-order valence-electron chi connectivity index (χ4n) is 1.52.